The van der Waals surface area contributed by atoms with Crippen LogP contribution in [0.3, 0.4) is 0 Å². The summed E-state index contributed by atoms with van der Waals surface area (Å²) in [5, 5.41) is 4.84. The van der Waals surface area contributed by atoms with Gasteiger partial charge in [-0.25, -0.2) is 4.79 Å². The van der Waals surface area contributed by atoms with Gasteiger partial charge in [-0.2, -0.15) is 0 Å². The molecule has 1 atom stereocenters. The summed E-state index contributed by atoms with van der Waals surface area (Å²) in [5.74, 6) is -0.727. The fourth-order valence-electron chi connectivity index (χ4n) is 1.98. The molecule has 1 saturated heterocycles. The Kier molecular flexibility index (Phi) is 7.10. The second-order valence-corrected chi connectivity index (χ2v) is 5.18. The van der Waals surface area contributed by atoms with Gasteiger partial charge < -0.3 is 14.8 Å². The summed E-state index contributed by atoms with van der Waals surface area (Å²) in [6.07, 6.45) is -0.133. The van der Waals surface area contributed by atoms with Crippen LogP contribution in [0.2, 0.25) is 0 Å². The maximum atomic E-state index is 11.7. The van der Waals surface area contributed by atoms with Crippen molar-refractivity contribution in [3.8, 4) is 0 Å². The minimum absolute atomic E-state index is 0.0365. The molecule has 1 unspecified atom stereocenters. The van der Waals surface area contributed by atoms with E-state index < -0.39 is 6.03 Å². The molecule has 0 aromatic rings. The quantitative estimate of drug-likeness (QED) is 0.664. The van der Waals surface area contributed by atoms with Gasteiger partial charge in [-0.1, -0.05) is 0 Å². The molecule has 1 rings (SSSR count). The van der Waals surface area contributed by atoms with Crippen molar-refractivity contribution in [2.45, 2.75) is 32.4 Å². The van der Waals surface area contributed by atoms with Crippen LogP contribution in [0.5, 0.6) is 0 Å². The molecule has 8 nitrogen and oxygen atoms in total. The maximum absolute atomic E-state index is 11.7. The van der Waals surface area contributed by atoms with E-state index in [2.05, 4.69) is 15.4 Å². The molecule has 0 saturated carbocycles. The first-order chi connectivity index (χ1) is 9.90. The molecular weight excluding hydrogens is 278 g/mol. The number of imide groups is 1. The van der Waals surface area contributed by atoms with E-state index in [4.69, 9.17) is 4.74 Å². The Bertz CT molecular complexity index is 386. The molecule has 3 amide bonds. The molecule has 0 aromatic carbocycles. The van der Waals surface area contributed by atoms with Crippen LogP contribution >= 0.6 is 0 Å². The topological polar surface area (TPSA) is 97.0 Å². The summed E-state index contributed by atoms with van der Waals surface area (Å²) in [4.78, 5) is 36.2. The number of carbonyl (C=O) groups is 3. The molecule has 0 aliphatic carbocycles. The molecular formula is C13H23N3O5. The summed E-state index contributed by atoms with van der Waals surface area (Å²) < 4.78 is 10.0. The number of hydrogen-bond donors (Lipinski definition) is 2. The monoisotopic (exact) mass is 301 g/mol. The van der Waals surface area contributed by atoms with Crippen molar-refractivity contribution in [2.75, 3.05) is 33.4 Å². The van der Waals surface area contributed by atoms with E-state index in [-0.39, 0.29) is 37.0 Å². The minimum atomic E-state index is -0.505. The number of esters is 1. The van der Waals surface area contributed by atoms with Gasteiger partial charge in [-0.05, 0) is 13.8 Å². The van der Waals surface area contributed by atoms with Crippen molar-refractivity contribution < 1.29 is 23.9 Å². The van der Waals surface area contributed by atoms with E-state index in [9.17, 15) is 14.4 Å². The first kappa shape index (κ1) is 17.4. The minimum Gasteiger partial charge on any atom is -0.469 e. The zero-order valence-electron chi connectivity index (χ0n) is 12.7. The van der Waals surface area contributed by atoms with E-state index in [1.165, 1.54) is 7.11 Å². The van der Waals surface area contributed by atoms with Crippen LogP contribution < -0.4 is 10.6 Å². The van der Waals surface area contributed by atoms with Gasteiger partial charge in [-0.3, -0.25) is 19.8 Å². The SMILES string of the molecule is COC(=O)CC1CN(CC(=O)NC(=O)NC(C)C)CCO1. The average Bonchev–Trinajstić information content (AvgIpc) is 2.37. The Labute approximate surface area is 124 Å². The van der Waals surface area contributed by atoms with Crippen LogP contribution in [0.25, 0.3) is 0 Å². The Hall–Kier alpha value is -1.67. The van der Waals surface area contributed by atoms with E-state index >= 15 is 0 Å². The normalized spacial score (nSPS) is 19.1. The number of amides is 3. The number of nitrogens with one attached hydrogen (secondary N) is 2. The van der Waals surface area contributed by atoms with Gasteiger partial charge in [0.2, 0.25) is 5.91 Å². The second kappa shape index (κ2) is 8.58. The summed E-state index contributed by atoms with van der Waals surface area (Å²) in [6.45, 7) is 5.18. The molecule has 0 aromatic heterocycles. The van der Waals surface area contributed by atoms with Crippen LogP contribution in [0.15, 0.2) is 0 Å². The predicted molar refractivity (Wildman–Crippen MR) is 74.6 cm³/mol. The van der Waals surface area contributed by atoms with Gasteiger partial charge in [0.1, 0.15) is 0 Å². The molecule has 0 radical (unpaired) electrons. The maximum Gasteiger partial charge on any atom is 0.321 e. The van der Waals surface area contributed by atoms with Crippen molar-refractivity contribution in [3.05, 3.63) is 0 Å². The largest absolute Gasteiger partial charge is 0.469 e. The number of methoxy groups -OCH3 is 1. The molecule has 1 aliphatic heterocycles. The van der Waals surface area contributed by atoms with Gasteiger partial charge in [0.15, 0.2) is 0 Å². The van der Waals surface area contributed by atoms with Gasteiger partial charge in [-0.15, -0.1) is 0 Å². The van der Waals surface area contributed by atoms with Crippen LogP contribution in [0.1, 0.15) is 20.3 Å². The number of morpholine rings is 1. The van der Waals surface area contributed by atoms with Crippen LogP contribution in [-0.4, -0.2) is 68.3 Å². The first-order valence-corrected chi connectivity index (χ1v) is 6.91. The highest BCUT2D eigenvalue weighted by molar-refractivity contribution is 5.95. The highest BCUT2D eigenvalue weighted by Gasteiger charge is 2.24. The molecule has 120 valence electrons. The first-order valence-electron chi connectivity index (χ1n) is 6.91. The highest BCUT2D eigenvalue weighted by Crippen LogP contribution is 2.09. The Morgan fingerprint density at radius 1 is 1.38 bits per heavy atom. The number of nitrogens with zero attached hydrogens (tertiary/aromatic N) is 1. The molecule has 2 N–H and O–H groups in total. The highest BCUT2D eigenvalue weighted by atomic mass is 16.5. The summed E-state index contributed by atoms with van der Waals surface area (Å²) >= 11 is 0. The Morgan fingerprint density at radius 3 is 2.71 bits per heavy atom. The lowest BCUT2D eigenvalue weighted by molar-refractivity contribution is -0.145. The summed E-state index contributed by atoms with van der Waals surface area (Å²) in [7, 11) is 1.32. The second-order valence-electron chi connectivity index (χ2n) is 5.18. The molecule has 8 heteroatoms. The van der Waals surface area contributed by atoms with E-state index in [0.717, 1.165) is 0 Å². The average molecular weight is 301 g/mol. The summed E-state index contributed by atoms with van der Waals surface area (Å²) in [5.41, 5.74) is 0. The Morgan fingerprint density at radius 2 is 2.10 bits per heavy atom. The predicted octanol–water partition coefficient (Wildman–Crippen LogP) is -0.515. The lowest BCUT2D eigenvalue weighted by Crippen LogP contribution is -2.50. The van der Waals surface area contributed by atoms with Crippen LogP contribution in [-0.2, 0) is 19.1 Å². The standard InChI is InChI=1S/C13H23N3O5/c1-9(2)14-13(19)15-11(17)8-16-4-5-21-10(7-16)6-12(18)20-3/h9-10H,4-8H2,1-3H3,(H2,14,15,17,19). The van der Waals surface area contributed by atoms with Gasteiger partial charge >= 0.3 is 12.0 Å². The van der Waals surface area contributed by atoms with Gasteiger partial charge in [0.05, 0.1) is 32.8 Å². The smallest absolute Gasteiger partial charge is 0.321 e. The van der Waals surface area contributed by atoms with Crippen molar-refractivity contribution in [1.82, 2.24) is 15.5 Å². The molecule has 0 bridgehead atoms. The van der Waals surface area contributed by atoms with Crippen molar-refractivity contribution in [3.63, 3.8) is 0 Å². The van der Waals surface area contributed by atoms with E-state index in [0.29, 0.717) is 19.7 Å². The third-order valence-corrected chi connectivity index (χ3v) is 2.88. The molecule has 21 heavy (non-hydrogen) atoms. The molecule has 0 spiro atoms. The summed E-state index contributed by atoms with van der Waals surface area (Å²) in [6, 6.07) is -0.542. The van der Waals surface area contributed by atoms with E-state index in [1.54, 1.807) is 0 Å². The number of rotatable bonds is 5. The van der Waals surface area contributed by atoms with E-state index in [1.807, 2.05) is 18.7 Å². The van der Waals surface area contributed by atoms with Crippen LogP contribution in [0.4, 0.5) is 4.79 Å². The zero-order chi connectivity index (χ0) is 15.8. The third-order valence-electron chi connectivity index (χ3n) is 2.88. The number of ether oxygens (including phenoxy) is 2. The number of urea groups is 1. The number of carbonyl (C=O) groups excluding carboxylic acids is 3. The molecule has 1 aliphatic rings. The fourth-order valence-corrected chi connectivity index (χ4v) is 1.98. The lowest BCUT2D eigenvalue weighted by Gasteiger charge is -2.31. The fraction of sp³-hybridized carbons (Fsp3) is 0.769. The van der Waals surface area contributed by atoms with Crippen molar-refractivity contribution in [2.24, 2.45) is 0 Å². The van der Waals surface area contributed by atoms with Crippen molar-refractivity contribution in [1.29, 1.82) is 0 Å². The van der Waals surface area contributed by atoms with Gasteiger partial charge in [0.25, 0.3) is 0 Å². The molecule has 1 heterocycles. The Balaban J connectivity index is 2.35. The third kappa shape index (κ3) is 7.05. The van der Waals surface area contributed by atoms with Gasteiger partial charge in [0, 0.05) is 19.1 Å². The van der Waals surface area contributed by atoms with Crippen molar-refractivity contribution >= 4 is 17.9 Å². The zero-order valence-corrected chi connectivity index (χ0v) is 12.7. The number of hydrogen-bond acceptors (Lipinski definition) is 6. The van der Waals surface area contributed by atoms with Crippen LogP contribution in [0, 0.1) is 0 Å². The molecule has 1 fully saturated rings. The lowest BCUT2D eigenvalue weighted by atomic mass is 10.2.